The van der Waals surface area contributed by atoms with Gasteiger partial charge in [0.25, 0.3) is 0 Å². The van der Waals surface area contributed by atoms with E-state index in [2.05, 4.69) is 4.74 Å². The molecule has 0 aromatic heterocycles. The molecule has 0 spiro atoms. The number of hydrogen-bond donors (Lipinski definition) is 1. The molecule has 0 aliphatic heterocycles. The average Bonchev–Trinajstić information content (AvgIpc) is 2.42. The topological polar surface area (TPSA) is 61.5 Å². The monoisotopic (exact) mass is 295 g/mol. The Bertz CT molecular complexity index is 644. The molecule has 0 saturated carbocycles. The lowest BCUT2D eigenvalue weighted by Gasteiger charge is -2.12. The van der Waals surface area contributed by atoms with Crippen LogP contribution in [0.4, 0.5) is 10.1 Å². The van der Waals surface area contributed by atoms with Gasteiger partial charge in [0, 0.05) is 5.69 Å². The SMILES string of the molecule is COC(=O)c1cc(N)cc(Cl)c1Oc1ccc(F)cc1. The third-order valence-electron chi connectivity index (χ3n) is 2.50. The highest BCUT2D eigenvalue weighted by Gasteiger charge is 2.18. The maximum Gasteiger partial charge on any atom is 0.341 e. The summed E-state index contributed by atoms with van der Waals surface area (Å²) in [4.78, 5) is 11.7. The summed E-state index contributed by atoms with van der Waals surface area (Å²) >= 11 is 6.03. The fourth-order valence-electron chi connectivity index (χ4n) is 1.60. The third-order valence-corrected chi connectivity index (χ3v) is 2.79. The highest BCUT2D eigenvalue weighted by Crippen LogP contribution is 2.35. The lowest BCUT2D eigenvalue weighted by molar-refractivity contribution is 0.0598. The van der Waals surface area contributed by atoms with Gasteiger partial charge in [0.1, 0.15) is 17.1 Å². The van der Waals surface area contributed by atoms with Crippen molar-refractivity contribution in [1.29, 1.82) is 0 Å². The lowest BCUT2D eigenvalue weighted by atomic mass is 10.1. The molecular formula is C14H11ClFNO3. The summed E-state index contributed by atoms with van der Waals surface area (Å²) in [6, 6.07) is 8.16. The van der Waals surface area contributed by atoms with Gasteiger partial charge in [-0.25, -0.2) is 9.18 Å². The molecule has 6 heteroatoms. The molecule has 0 aliphatic carbocycles. The molecule has 2 N–H and O–H groups in total. The molecule has 0 fully saturated rings. The third kappa shape index (κ3) is 3.00. The number of rotatable bonds is 3. The zero-order chi connectivity index (χ0) is 14.7. The lowest BCUT2D eigenvalue weighted by Crippen LogP contribution is -2.05. The number of anilines is 1. The van der Waals surface area contributed by atoms with E-state index in [1.807, 2.05) is 0 Å². The van der Waals surface area contributed by atoms with Crippen LogP contribution in [0.5, 0.6) is 11.5 Å². The van der Waals surface area contributed by atoms with Gasteiger partial charge < -0.3 is 15.2 Å². The van der Waals surface area contributed by atoms with Gasteiger partial charge in [-0.15, -0.1) is 0 Å². The van der Waals surface area contributed by atoms with Crippen LogP contribution in [-0.2, 0) is 4.74 Å². The van der Waals surface area contributed by atoms with Crippen LogP contribution >= 0.6 is 11.6 Å². The number of carbonyl (C=O) groups excluding carboxylic acids is 1. The van der Waals surface area contributed by atoms with Gasteiger partial charge >= 0.3 is 5.97 Å². The van der Waals surface area contributed by atoms with E-state index in [4.69, 9.17) is 22.1 Å². The number of esters is 1. The number of nitrogens with two attached hydrogens (primary N) is 1. The molecule has 104 valence electrons. The zero-order valence-corrected chi connectivity index (χ0v) is 11.3. The molecule has 0 saturated heterocycles. The summed E-state index contributed by atoms with van der Waals surface area (Å²) in [6.07, 6.45) is 0. The predicted octanol–water partition coefficient (Wildman–Crippen LogP) is 3.64. The van der Waals surface area contributed by atoms with Gasteiger partial charge in [-0.2, -0.15) is 0 Å². The largest absolute Gasteiger partial charge is 0.465 e. The van der Waals surface area contributed by atoms with Crippen LogP contribution in [0, 0.1) is 5.82 Å². The van der Waals surface area contributed by atoms with E-state index >= 15 is 0 Å². The fraction of sp³-hybridized carbons (Fsp3) is 0.0714. The number of halogens is 2. The highest BCUT2D eigenvalue weighted by molar-refractivity contribution is 6.33. The van der Waals surface area contributed by atoms with Gasteiger partial charge in [-0.1, -0.05) is 11.6 Å². The molecule has 0 heterocycles. The van der Waals surface area contributed by atoms with E-state index in [0.717, 1.165) is 0 Å². The molecule has 2 aromatic carbocycles. The molecule has 0 amide bonds. The van der Waals surface area contributed by atoms with E-state index in [0.29, 0.717) is 11.4 Å². The fourth-order valence-corrected chi connectivity index (χ4v) is 1.87. The summed E-state index contributed by atoms with van der Waals surface area (Å²) in [5.74, 6) is -0.576. The molecule has 0 bridgehead atoms. The van der Waals surface area contributed by atoms with Crippen molar-refractivity contribution in [2.75, 3.05) is 12.8 Å². The summed E-state index contributed by atoms with van der Waals surface area (Å²) in [5, 5.41) is 0.162. The number of ether oxygens (including phenoxy) is 2. The number of benzene rings is 2. The summed E-state index contributed by atoms with van der Waals surface area (Å²) in [6.45, 7) is 0. The summed E-state index contributed by atoms with van der Waals surface area (Å²) < 4.78 is 23.0. The first kappa shape index (κ1) is 14.1. The first-order valence-corrected chi connectivity index (χ1v) is 6.00. The second-order valence-corrected chi connectivity index (χ2v) is 4.33. The summed E-state index contributed by atoms with van der Waals surface area (Å²) in [7, 11) is 1.24. The zero-order valence-electron chi connectivity index (χ0n) is 10.5. The van der Waals surface area contributed by atoms with Gasteiger partial charge in [-0.05, 0) is 36.4 Å². The van der Waals surface area contributed by atoms with Crippen LogP contribution in [0.15, 0.2) is 36.4 Å². The molecule has 20 heavy (non-hydrogen) atoms. The molecular weight excluding hydrogens is 285 g/mol. The Morgan fingerprint density at radius 3 is 2.50 bits per heavy atom. The average molecular weight is 296 g/mol. The Morgan fingerprint density at radius 1 is 1.25 bits per heavy atom. The van der Waals surface area contributed by atoms with Crippen molar-refractivity contribution in [3.05, 3.63) is 52.8 Å². The van der Waals surface area contributed by atoms with E-state index in [9.17, 15) is 9.18 Å². The number of hydrogen-bond acceptors (Lipinski definition) is 4. The van der Waals surface area contributed by atoms with Crippen molar-refractivity contribution in [2.45, 2.75) is 0 Å². The quantitative estimate of drug-likeness (QED) is 0.693. The molecule has 0 atom stereocenters. The Labute approximate surface area is 119 Å². The minimum absolute atomic E-state index is 0.0989. The van der Waals surface area contributed by atoms with Crippen molar-refractivity contribution in [2.24, 2.45) is 0 Å². The molecule has 0 radical (unpaired) electrons. The van der Waals surface area contributed by atoms with Crippen LogP contribution in [0.1, 0.15) is 10.4 Å². The molecule has 2 aromatic rings. The summed E-state index contributed by atoms with van der Waals surface area (Å²) in [5.41, 5.74) is 6.04. The Morgan fingerprint density at radius 2 is 1.90 bits per heavy atom. The van der Waals surface area contributed by atoms with Gasteiger partial charge in [0.05, 0.1) is 12.1 Å². The van der Waals surface area contributed by atoms with E-state index in [1.165, 1.54) is 43.5 Å². The minimum atomic E-state index is -0.628. The van der Waals surface area contributed by atoms with E-state index in [-0.39, 0.29) is 16.3 Å². The second-order valence-electron chi connectivity index (χ2n) is 3.93. The van der Waals surface area contributed by atoms with Gasteiger partial charge in [-0.3, -0.25) is 0 Å². The first-order valence-electron chi connectivity index (χ1n) is 5.62. The van der Waals surface area contributed by atoms with Crippen molar-refractivity contribution < 1.29 is 18.7 Å². The predicted molar refractivity (Wildman–Crippen MR) is 73.7 cm³/mol. The van der Waals surface area contributed by atoms with Crippen LogP contribution in [0.25, 0.3) is 0 Å². The smallest absolute Gasteiger partial charge is 0.341 e. The van der Waals surface area contributed by atoms with Crippen LogP contribution < -0.4 is 10.5 Å². The maximum absolute atomic E-state index is 12.8. The second kappa shape index (κ2) is 5.79. The van der Waals surface area contributed by atoms with Crippen molar-refractivity contribution in [1.82, 2.24) is 0 Å². The van der Waals surface area contributed by atoms with E-state index < -0.39 is 11.8 Å². The molecule has 0 unspecified atom stereocenters. The molecule has 2 rings (SSSR count). The van der Waals surface area contributed by atoms with Crippen LogP contribution in [-0.4, -0.2) is 13.1 Å². The van der Waals surface area contributed by atoms with E-state index in [1.54, 1.807) is 0 Å². The Hall–Kier alpha value is -2.27. The minimum Gasteiger partial charge on any atom is -0.465 e. The normalized spacial score (nSPS) is 10.2. The Balaban J connectivity index is 2.44. The Kier molecular flexibility index (Phi) is 4.10. The van der Waals surface area contributed by atoms with Gasteiger partial charge in [0.15, 0.2) is 5.75 Å². The van der Waals surface area contributed by atoms with Crippen molar-refractivity contribution in [3.63, 3.8) is 0 Å². The number of carbonyl (C=O) groups is 1. The van der Waals surface area contributed by atoms with Crippen LogP contribution in [0.2, 0.25) is 5.02 Å². The number of nitrogen functional groups attached to an aromatic ring is 1. The standard InChI is InChI=1S/C14H11ClFNO3/c1-19-14(18)11-6-9(17)7-12(15)13(11)20-10-4-2-8(16)3-5-10/h2-7H,17H2,1H3. The maximum atomic E-state index is 12.8. The van der Waals surface area contributed by atoms with Crippen molar-refractivity contribution >= 4 is 23.3 Å². The first-order chi connectivity index (χ1) is 9.51. The van der Waals surface area contributed by atoms with Crippen LogP contribution in [0.3, 0.4) is 0 Å². The highest BCUT2D eigenvalue weighted by atomic mass is 35.5. The number of methoxy groups -OCH3 is 1. The molecule has 0 aliphatic rings. The van der Waals surface area contributed by atoms with Crippen molar-refractivity contribution in [3.8, 4) is 11.5 Å². The van der Waals surface area contributed by atoms with Gasteiger partial charge in [0.2, 0.25) is 0 Å². The molecule has 4 nitrogen and oxygen atoms in total.